The van der Waals surface area contributed by atoms with E-state index in [0.717, 1.165) is 4.68 Å². The standard InChI is InChI=1S/C6H9BrN4O4S/c1-10(3-4(12)13)16(14,15)6-5(7)8-9-11(6)2/h3H2,1-2H3,(H,12,13). The first-order chi connectivity index (χ1) is 7.26. The van der Waals surface area contributed by atoms with Crippen molar-refractivity contribution in [1.82, 2.24) is 19.3 Å². The van der Waals surface area contributed by atoms with Crippen LogP contribution >= 0.6 is 15.9 Å². The minimum Gasteiger partial charge on any atom is -0.480 e. The summed E-state index contributed by atoms with van der Waals surface area (Å²) < 4.78 is 25.6. The van der Waals surface area contributed by atoms with E-state index in [1.165, 1.54) is 14.1 Å². The fourth-order valence-electron chi connectivity index (χ4n) is 1.02. The van der Waals surface area contributed by atoms with Gasteiger partial charge in [0.25, 0.3) is 10.0 Å². The van der Waals surface area contributed by atoms with Crippen molar-refractivity contribution in [3.05, 3.63) is 4.60 Å². The molecule has 16 heavy (non-hydrogen) atoms. The van der Waals surface area contributed by atoms with Crippen LogP contribution < -0.4 is 0 Å². The lowest BCUT2D eigenvalue weighted by Crippen LogP contribution is -2.33. The van der Waals surface area contributed by atoms with Gasteiger partial charge in [0.05, 0.1) is 0 Å². The molecule has 0 radical (unpaired) electrons. The Morgan fingerprint density at radius 3 is 2.56 bits per heavy atom. The van der Waals surface area contributed by atoms with Crippen molar-refractivity contribution in [2.24, 2.45) is 7.05 Å². The predicted molar refractivity (Wildman–Crippen MR) is 56.2 cm³/mol. The topological polar surface area (TPSA) is 105 Å². The van der Waals surface area contributed by atoms with Crippen LogP contribution in [0.3, 0.4) is 0 Å². The summed E-state index contributed by atoms with van der Waals surface area (Å²) in [6, 6.07) is 0. The molecule has 0 aliphatic carbocycles. The molecule has 1 heterocycles. The average molecular weight is 313 g/mol. The maximum Gasteiger partial charge on any atom is 0.318 e. The van der Waals surface area contributed by atoms with Crippen LogP contribution in [0.5, 0.6) is 0 Å². The van der Waals surface area contributed by atoms with Crippen molar-refractivity contribution >= 4 is 31.9 Å². The lowest BCUT2D eigenvalue weighted by molar-refractivity contribution is -0.137. The lowest BCUT2D eigenvalue weighted by atomic mass is 10.7. The van der Waals surface area contributed by atoms with Crippen molar-refractivity contribution in [2.75, 3.05) is 13.6 Å². The van der Waals surface area contributed by atoms with E-state index in [1.54, 1.807) is 0 Å². The molecule has 1 aromatic rings. The van der Waals surface area contributed by atoms with Gasteiger partial charge in [-0.1, -0.05) is 5.21 Å². The van der Waals surface area contributed by atoms with Crippen molar-refractivity contribution in [2.45, 2.75) is 5.03 Å². The molecule has 0 unspecified atom stereocenters. The van der Waals surface area contributed by atoms with Gasteiger partial charge in [0.2, 0.25) is 5.03 Å². The Hall–Kier alpha value is -1.00. The van der Waals surface area contributed by atoms with Crippen LogP contribution in [0.1, 0.15) is 0 Å². The summed E-state index contributed by atoms with van der Waals surface area (Å²) in [5.74, 6) is -1.24. The van der Waals surface area contributed by atoms with Crippen LogP contribution in [0.2, 0.25) is 0 Å². The monoisotopic (exact) mass is 312 g/mol. The number of likely N-dealkylation sites (N-methyl/N-ethyl adjacent to an activating group) is 1. The minimum atomic E-state index is -3.91. The number of carboxylic acids is 1. The Kier molecular flexibility index (Phi) is 3.65. The first kappa shape index (κ1) is 13.1. The molecule has 0 fully saturated rings. The molecule has 8 nitrogen and oxygen atoms in total. The zero-order chi connectivity index (χ0) is 12.5. The van der Waals surface area contributed by atoms with Gasteiger partial charge in [-0.3, -0.25) is 4.79 Å². The number of hydrogen-bond donors (Lipinski definition) is 1. The summed E-state index contributed by atoms with van der Waals surface area (Å²) in [6.45, 7) is -0.625. The molecule has 0 spiro atoms. The summed E-state index contributed by atoms with van der Waals surface area (Å²) in [5, 5.41) is 15.4. The Balaban J connectivity index is 3.17. The van der Waals surface area contributed by atoms with Gasteiger partial charge in [-0.05, 0) is 15.9 Å². The van der Waals surface area contributed by atoms with Gasteiger partial charge >= 0.3 is 5.97 Å². The number of aromatic nitrogens is 3. The summed E-state index contributed by atoms with van der Waals surface area (Å²) in [6.07, 6.45) is 0. The third-order valence-corrected chi connectivity index (χ3v) is 4.44. The second-order valence-corrected chi connectivity index (χ2v) is 5.68. The number of carboxylic acid groups (broad SMARTS) is 1. The molecular weight excluding hydrogens is 304 g/mol. The van der Waals surface area contributed by atoms with E-state index in [1.807, 2.05) is 0 Å². The molecular formula is C6H9BrN4O4S. The molecule has 0 amide bonds. The summed E-state index contributed by atoms with van der Waals surface area (Å²) in [5.41, 5.74) is 0. The number of aliphatic carboxylic acids is 1. The van der Waals surface area contributed by atoms with Crippen molar-refractivity contribution < 1.29 is 18.3 Å². The first-order valence-electron chi connectivity index (χ1n) is 4.00. The fraction of sp³-hybridized carbons (Fsp3) is 0.500. The molecule has 0 aliphatic heterocycles. The molecule has 1 aromatic heterocycles. The number of rotatable bonds is 4. The fourth-order valence-corrected chi connectivity index (χ4v) is 3.16. The van der Waals surface area contributed by atoms with E-state index >= 15 is 0 Å². The zero-order valence-electron chi connectivity index (χ0n) is 8.45. The van der Waals surface area contributed by atoms with Crippen LogP contribution in [0.15, 0.2) is 9.63 Å². The zero-order valence-corrected chi connectivity index (χ0v) is 10.9. The van der Waals surface area contributed by atoms with E-state index in [9.17, 15) is 13.2 Å². The van der Waals surface area contributed by atoms with Gasteiger partial charge in [-0.15, -0.1) is 5.10 Å². The number of nitrogens with zero attached hydrogens (tertiary/aromatic N) is 4. The van der Waals surface area contributed by atoms with Crippen molar-refractivity contribution in [3.63, 3.8) is 0 Å². The van der Waals surface area contributed by atoms with Gasteiger partial charge in [-0.2, -0.15) is 4.31 Å². The molecule has 0 saturated carbocycles. The van der Waals surface area contributed by atoms with Gasteiger partial charge in [0.15, 0.2) is 4.60 Å². The number of carbonyl (C=O) groups is 1. The summed E-state index contributed by atoms with van der Waals surface area (Å²) in [4.78, 5) is 10.4. The van der Waals surface area contributed by atoms with Crippen molar-refractivity contribution in [1.29, 1.82) is 0 Å². The maximum atomic E-state index is 11.9. The summed E-state index contributed by atoms with van der Waals surface area (Å²) >= 11 is 2.94. The van der Waals surface area contributed by atoms with E-state index < -0.39 is 22.5 Å². The van der Waals surface area contributed by atoms with E-state index in [4.69, 9.17) is 5.11 Å². The van der Waals surface area contributed by atoms with Gasteiger partial charge in [-0.25, -0.2) is 13.1 Å². The van der Waals surface area contributed by atoms with Gasteiger partial charge in [0, 0.05) is 14.1 Å². The Labute approximate surface area is 100 Å². The predicted octanol–water partition coefficient (Wildman–Crippen LogP) is -0.717. The molecule has 0 aromatic carbocycles. The molecule has 1 rings (SSSR count). The molecule has 0 saturated heterocycles. The highest BCUT2D eigenvalue weighted by Crippen LogP contribution is 2.20. The molecule has 90 valence electrons. The average Bonchev–Trinajstić information content (AvgIpc) is 2.45. The SMILES string of the molecule is CN(CC(=O)O)S(=O)(=O)c1c(Br)nnn1C. The highest BCUT2D eigenvalue weighted by atomic mass is 79.9. The second kappa shape index (κ2) is 4.47. The Morgan fingerprint density at radius 1 is 1.62 bits per heavy atom. The van der Waals surface area contributed by atoms with Crippen LogP contribution in [0.4, 0.5) is 0 Å². The van der Waals surface area contributed by atoms with Crippen molar-refractivity contribution in [3.8, 4) is 0 Å². The smallest absolute Gasteiger partial charge is 0.318 e. The third-order valence-electron chi connectivity index (χ3n) is 1.75. The quantitative estimate of drug-likeness (QED) is 0.786. The Morgan fingerprint density at radius 2 is 2.19 bits per heavy atom. The van der Waals surface area contributed by atoms with E-state index in [0.29, 0.717) is 4.31 Å². The third kappa shape index (κ3) is 2.39. The normalized spacial score (nSPS) is 12.0. The Bertz CT molecular complexity index is 491. The molecule has 10 heteroatoms. The van der Waals surface area contributed by atoms with E-state index in [-0.39, 0.29) is 9.63 Å². The molecule has 0 bridgehead atoms. The number of aryl methyl sites for hydroxylation is 1. The number of sulfonamides is 1. The number of halogens is 1. The first-order valence-corrected chi connectivity index (χ1v) is 6.23. The highest BCUT2D eigenvalue weighted by Gasteiger charge is 2.29. The largest absolute Gasteiger partial charge is 0.480 e. The van der Waals surface area contributed by atoms with Crippen LogP contribution in [0, 0.1) is 0 Å². The van der Waals surface area contributed by atoms with Crippen LogP contribution in [0.25, 0.3) is 0 Å². The molecule has 1 N–H and O–H groups in total. The lowest BCUT2D eigenvalue weighted by Gasteiger charge is -2.14. The maximum absolute atomic E-state index is 11.9. The second-order valence-electron chi connectivity index (χ2n) is 2.96. The van der Waals surface area contributed by atoms with E-state index in [2.05, 4.69) is 26.2 Å². The highest BCUT2D eigenvalue weighted by molar-refractivity contribution is 9.10. The molecule has 0 atom stereocenters. The van der Waals surface area contributed by atoms with Gasteiger partial charge < -0.3 is 5.11 Å². The summed E-state index contributed by atoms with van der Waals surface area (Å²) in [7, 11) is -1.34. The van der Waals surface area contributed by atoms with Crippen LogP contribution in [-0.2, 0) is 21.9 Å². The minimum absolute atomic E-state index is 0.0484. The van der Waals surface area contributed by atoms with Crippen LogP contribution in [-0.4, -0.2) is 52.4 Å². The number of hydrogen-bond acceptors (Lipinski definition) is 5. The van der Waals surface area contributed by atoms with Gasteiger partial charge in [0.1, 0.15) is 6.54 Å². The molecule has 0 aliphatic rings.